The first-order chi connectivity index (χ1) is 13.3. The monoisotopic (exact) mass is 369 g/mol. The van der Waals surface area contributed by atoms with Crippen molar-refractivity contribution in [3.8, 4) is 22.6 Å². The van der Waals surface area contributed by atoms with Crippen molar-refractivity contribution in [2.45, 2.75) is 13.0 Å². The predicted octanol–water partition coefficient (Wildman–Crippen LogP) is 4.83. The molecule has 4 heterocycles. The van der Waals surface area contributed by atoms with Crippen molar-refractivity contribution in [3.05, 3.63) is 75.9 Å². The van der Waals surface area contributed by atoms with Crippen LogP contribution in [-0.2, 0) is 13.0 Å². The number of fused-ring (bicyclic) bond motifs is 6. The molecule has 1 N–H and O–H groups in total. The van der Waals surface area contributed by atoms with Crippen molar-refractivity contribution >= 4 is 32.5 Å². The van der Waals surface area contributed by atoms with Gasteiger partial charge in [-0.3, -0.25) is 9.36 Å². The molecule has 0 fully saturated rings. The Morgan fingerprint density at radius 1 is 1.04 bits per heavy atom. The normalized spacial score (nSPS) is 13.0. The van der Waals surface area contributed by atoms with E-state index < -0.39 is 0 Å². The average Bonchev–Trinajstić information content (AvgIpc) is 3.30. The van der Waals surface area contributed by atoms with Crippen molar-refractivity contribution in [1.29, 1.82) is 0 Å². The Bertz CT molecular complexity index is 1390. The second-order valence-corrected chi connectivity index (χ2v) is 7.72. The van der Waals surface area contributed by atoms with Gasteiger partial charge in [0.1, 0.15) is 4.83 Å². The summed E-state index contributed by atoms with van der Waals surface area (Å²) >= 11 is 1.54. The van der Waals surface area contributed by atoms with Crippen LogP contribution in [0.15, 0.2) is 64.8 Å². The van der Waals surface area contributed by atoms with Crippen molar-refractivity contribution in [2.24, 2.45) is 0 Å². The second kappa shape index (κ2) is 5.41. The van der Waals surface area contributed by atoms with Crippen LogP contribution in [0.3, 0.4) is 0 Å². The summed E-state index contributed by atoms with van der Waals surface area (Å²) in [6.07, 6.45) is 0.838. The topological polar surface area (TPSA) is 50.7 Å². The maximum Gasteiger partial charge on any atom is 0.263 e. The standard InChI is InChI=1S/C22H15N3OS/c26-22-18-16(13-6-2-1-3-7-13)12-27-21(18)24-20-19-15(10-11-25(20)22)14-8-4-5-9-17(14)23-19/h1-9,12,23H,10-11H2. The Balaban J connectivity index is 1.66. The number of benzene rings is 2. The molecule has 0 radical (unpaired) electrons. The minimum atomic E-state index is 0.0550. The van der Waals surface area contributed by atoms with Crippen molar-refractivity contribution in [2.75, 3.05) is 0 Å². The zero-order valence-corrected chi connectivity index (χ0v) is 15.2. The number of H-pyrrole nitrogens is 1. The number of aromatic amines is 1. The van der Waals surface area contributed by atoms with Crippen LogP contribution >= 0.6 is 11.3 Å². The zero-order chi connectivity index (χ0) is 18.0. The highest BCUT2D eigenvalue weighted by Crippen LogP contribution is 2.36. The number of rotatable bonds is 1. The molecule has 5 aromatic rings. The third-order valence-corrected chi connectivity index (χ3v) is 6.27. The third kappa shape index (κ3) is 2.03. The van der Waals surface area contributed by atoms with E-state index in [0.29, 0.717) is 6.54 Å². The smallest absolute Gasteiger partial charge is 0.263 e. The van der Waals surface area contributed by atoms with Gasteiger partial charge in [0.15, 0.2) is 5.82 Å². The lowest BCUT2D eigenvalue weighted by atomic mass is 10.0. The summed E-state index contributed by atoms with van der Waals surface area (Å²) in [4.78, 5) is 22.6. The van der Waals surface area contributed by atoms with Gasteiger partial charge in [-0.25, -0.2) is 4.98 Å². The Morgan fingerprint density at radius 2 is 1.85 bits per heavy atom. The number of hydrogen-bond donors (Lipinski definition) is 1. The van der Waals surface area contributed by atoms with Crippen LogP contribution in [0.4, 0.5) is 0 Å². The first kappa shape index (κ1) is 14.9. The van der Waals surface area contributed by atoms with Gasteiger partial charge < -0.3 is 4.98 Å². The highest BCUT2D eigenvalue weighted by atomic mass is 32.1. The number of nitrogens with zero attached hydrogens (tertiary/aromatic N) is 2. The number of thiophene rings is 1. The van der Waals surface area contributed by atoms with Crippen molar-refractivity contribution in [3.63, 3.8) is 0 Å². The van der Waals surface area contributed by atoms with E-state index in [1.165, 1.54) is 22.3 Å². The van der Waals surface area contributed by atoms with Gasteiger partial charge in [0.05, 0.1) is 11.1 Å². The summed E-state index contributed by atoms with van der Waals surface area (Å²) < 4.78 is 1.83. The van der Waals surface area contributed by atoms with Crippen molar-refractivity contribution < 1.29 is 0 Å². The lowest BCUT2D eigenvalue weighted by molar-refractivity contribution is 0.653. The molecule has 4 nitrogen and oxygen atoms in total. The van der Waals surface area contributed by atoms with E-state index in [-0.39, 0.29) is 5.56 Å². The molecule has 0 bridgehead atoms. The average molecular weight is 369 g/mol. The van der Waals surface area contributed by atoms with Gasteiger partial charge in [-0.1, -0.05) is 48.5 Å². The molecule has 0 saturated heterocycles. The Hall–Kier alpha value is -3.18. The number of aromatic nitrogens is 3. The molecule has 0 spiro atoms. The molecule has 0 aliphatic carbocycles. The van der Waals surface area contributed by atoms with Gasteiger partial charge in [-0.2, -0.15) is 0 Å². The molecule has 2 aromatic carbocycles. The quantitative estimate of drug-likeness (QED) is 0.460. The first-order valence-electron chi connectivity index (χ1n) is 8.98. The Labute approximate surface area is 158 Å². The summed E-state index contributed by atoms with van der Waals surface area (Å²) in [5.41, 5.74) is 5.44. The fourth-order valence-corrected chi connectivity index (χ4v) is 5.06. The van der Waals surface area contributed by atoms with Crippen LogP contribution in [0, 0.1) is 0 Å². The molecule has 1 aliphatic rings. The maximum atomic E-state index is 13.4. The predicted molar refractivity (Wildman–Crippen MR) is 110 cm³/mol. The maximum absolute atomic E-state index is 13.4. The highest BCUT2D eigenvalue weighted by Gasteiger charge is 2.25. The minimum absolute atomic E-state index is 0.0550. The van der Waals surface area contributed by atoms with Gasteiger partial charge >= 0.3 is 0 Å². The minimum Gasteiger partial charge on any atom is -0.352 e. The van der Waals surface area contributed by atoms with E-state index >= 15 is 0 Å². The lowest BCUT2D eigenvalue weighted by Crippen LogP contribution is -2.27. The molecule has 0 saturated carbocycles. The molecule has 0 amide bonds. The Kier molecular flexibility index (Phi) is 2.99. The summed E-state index contributed by atoms with van der Waals surface area (Å²) in [6, 6.07) is 18.4. The fourth-order valence-electron chi connectivity index (χ4n) is 4.13. The van der Waals surface area contributed by atoms with Crippen LogP contribution in [-0.4, -0.2) is 14.5 Å². The molecule has 0 atom stereocenters. The van der Waals surface area contributed by atoms with E-state index in [1.54, 1.807) is 0 Å². The SMILES string of the molecule is O=c1c2c(-c3ccccc3)csc2nc2n1CCc1c-2[nH]c2ccccc12. The van der Waals surface area contributed by atoms with Crippen LogP contribution in [0.2, 0.25) is 0 Å². The van der Waals surface area contributed by atoms with Gasteiger partial charge in [-0.05, 0) is 23.6 Å². The molecule has 6 rings (SSSR count). The van der Waals surface area contributed by atoms with E-state index in [4.69, 9.17) is 4.98 Å². The Morgan fingerprint density at radius 3 is 2.74 bits per heavy atom. The molecule has 0 unspecified atom stereocenters. The summed E-state index contributed by atoms with van der Waals surface area (Å²) in [7, 11) is 0. The van der Waals surface area contributed by atoms with E-state index in [2.05, 4.69) is 23.2 Å². The van der Waals surface area contributed by atoms with Gasteiger partial charge in [0.25, 0.3) is 5.56 Å². The summed E-state index contributed by atoms with van der Waals surface area (Å²) in [6.45, 7) is 0.663. The van der Waals surface area contributed by atoms with Crippen LogP contribution in [0.25, 0.3) is 43.8 Å². The fraction of sp³-hybridized carbons (Fsp3) is 0.0909. The molecule has 130 valence electrons. The van der Waals surface area contributed by atoms with Crippen LogP contribution in [0.1, 0.15) is 5.56 Å². The van der Waals surface area contributed by atoms with Crippen LogP contribution < -0.4 is 5.56 Å². The number of aryl methyl sites for hydroxylation is 1. The largest absolute Gasteiger partial charge is 0.352 e. The molecule has 1 aliphatic heterocycles. The number of nitrogens with one attached hydrogen (secondary N) is 1. The molecular weight excluding hydrogens is 354 g/mol. The first-order valence-corrected chi connectivity index (χ1v) is 9.86. The lowest BCUT2D eigenvalue weighted by Gasteiger charge is -2.18. The van der Waals surface area contributed by atoms with E-state index in [0.717, 1.165) is 44.8 Å². The van der Waals surface area contributed by atoms with Gasteiger partial charge in [-0.15, -0.1) is 11.3 Å². The van der Waals surface area contributed by atoms with Crippen LogP contribution in [0.5, 0.6) is 0 Å². The summed E-state index contributed by atoms with van der Waals surface area (Å²) in [5.74, 6) is 0.756. The number of hydrogen-bond acceptors (Lipinski definition) is 3. The van der Waals surface area contributed by atoms with E-state index in [1.807, 2.05) is 46.3 Å². The van der Waals surface area contributed by atoms with Gasteiger partial charge in [0.2, 0.25) is 0 Å². The van der Waals surface area contributed by atoms with Crippen molar-refractivity contribution in [1.82, 2.24) is 14.5 Å². The van der Waals surface area contributed by atoms with E-state index in [9.17, 15) is 4.79 Å². The highest BCUT2D eigenvalue weighted by molar-refractivity contribution is 7.17. The number of para-hydroxylation sites is 1. The molecule has 5 heteroatoms. The molecule has 3 aromatic heterocycles. The summed E-state index contributed by atoms with van der Waals surface area (Å²) in [5, 5.41) is 4.01. The molecule has 27 heavy (non-hydrogen) atoms. The third-order valence-electron chi connectivity index (χ3n) is 5.40. The second-order valence-electron chi connectivity index (χ2n) is 6.86. The van der Waals surface area contributed by atoms with Gasteiger partial charge in [0, 0.05) is 28.4 Å². The zero-order valence-electron chi connectivity index (χ0n) is 14.4. The molecular formula is C22H15N3OS.